The van der Waals surface area contributed by atoms with Gasteiger partial charge < -0.3 is 0 Å². The monoisotopic (exact) mass is 450 g/mol. The Kier molecular flexibility index (Phi) is 11.3. The molecule has 0 unspecified atom stereocenters. The molecular formula is C31H46O2. The lowest BCUT2D eigenvalue weighted by Gasteiger charge is -2.18. The molecule has 0 amide bonds. The van der Waals surface area contributed by atoms with Crippen molar-refractivity contribution >= 4 is 11.6 Å². The molecule has 33 heavy (non-hydrogen) atoms. The summed E-state index contributed by atoms with van der Waals surface area (Å²) in [6.45, 7) is 13.4. The summed E-state index contributed by atoms with van der Waals surface area (Å²) in [6, 6.07) is 7.18. The van der Waals surface area contributed by atoms with Crippen molar-refractivity contribution in [2.75, 3.05) is 0 Å². The first-order valence-corrected chi connectivity index (χ1v) is 13.2. The fourth-order valence-electron chi connectivity index (χ4n) is 4.88. The van der Waals surface area contributed by atoms with Gasteiger partial charge >= 0.3 is 0 Å². The van der Waals surface area contributed by atoms with Crippen molar-refractivity contribution in [3.05, 3.63) is 58.2 Å². The molecule has 0 heterocycles. The van der Waals surface area contributed by atoms with Crippen molar-refractivity contribution in [1.82, 2.24) is 0 Å². The standard InChI is InChI=1S/C31H46O2/c1-22(2)12-9-13-23(3)14-10-15-24(4)16-11-17-25(5)20-21-27-26(6)30(32)28-18-7-8-19-29(28)31(27)33/h7-8,18-20,22-24H,9-17,21H2,1-6H3/b25-20-/t23-,24-/m0/s1. The summed E-state index contributed by atoms with van der Waals surface area (Å²) in [7, 11) is 0. The van der Waals surface area contributed by atoms with Crippen molar-refractivity contribution < 1.29 is 9.59 Å². The number of hydrogen-bond donors (Lipinski definition) is 0. The molecule has 2 atom stereocenters. The van der Waals surface area contributed by atoms with Crippen LogP contribution in [-0.4, -0.2) is 11.6 Å². The van der Waals surface area contributed by atoms with Gasteiger partial charge in [-0.15, -0.1) is 0 Å². The SMILES string of the molecule is CC1=C(C/C=C(/C)CCC[C@@H](C)CCC[C@@H](C)CCCC(C)C)C(=O)c2ccccc2C1=O. The maximum Gasteiger partial charge on any atom is 0.190 e. The van der Waals surface area contributed by atoms with Gasteiger partial charge in [0.1, 0.15) is 0 Å². The van der Waals surface area contributed by atoms with E-state index in [0.29, 0.717) is 28.7 Å². The van der Waals surface area contributed by atoms with E-state index in [1.807, 2.05) is 12.1 Å². The summed E-state index contributed by atoms with van der Waals surface area (Å²) in [5.41, 5.74) is 3.68. The Morgan fingerprint density at radius 2 is 1.30 bits per heavy atom. The molecule has 0 bridgehead atoms. The van der Waals surface area contributed by atoms with Crippen LogP contribution in [0, 0.1) is 17.8 Å². The lowest BCUT2D eigenvalue weighted by Crippen LogP contribution is -2.20. The molecule has 0 fully saturated rings. The second-order valence-corrected chi connectivity index (χ2v) is 10.9. The number of carbonyl (C=O) groups excluding carboxylic acids is 2. The van der Waals surface area contributed by atoms with Crippen LogP contribution in [0.15, 0.2) is 47.1 Å². The van der Waals surface area contributed by atoms with E-state index >= 15 is 0 Å². The highest BCUT2D eigenvalue weighted by molar-refractivity contribution is 6.26. The lowest BCUT2D eigenvalue weighted by molar-refractivity contribution is 0.0973. The van der Waals surface area contributed by atoms with Gasteiger partial charge in [-0.05, 0) is 50.9 Å². The molecule has 2 rings (SSSR count). The van der Waals surface area contributed by atoms with Gasteiger partial charge in [0, 0.05) is 22.3 Å². The highest BCUT2D eigenvalue weighted by atomic mass is 16.1. The smallest absolute Gasteiger partial charge is 0.190 e. The number of ketones is 2. The molecule has 0 aromatic heterocycles. The van der Waals surface area contributed by atoms with Crippen LogP contribution in [0.1, 0.15) is 126 Å². The van der Waals surface area contributed by atoms with Crippen molar-refractivity contribution in [3.63, 3.8) is 0 Å². The minimum atomic E-state index is -0.00526. The van der Waals surface area contributed by atoms with Crippen molar-refractivity contribution in [2.45, 2.75) is 106 Å². The fraction of sp³-hybridized carbons (Fsp3) is 0.613. The van der Waals surface area contributed by atoms with Gasteiger partial charge in [0.15, 0.2) is 11.6 Å². The molecular weight excluding hydrogens is 404 g/mol. The van der Waals surface area contributed by atoms with E-state index < -0.39 is 0 Å². The topological polar surface area (TPSA) is 34.1 Å². The average Bonchev–Trinajstić information content (AvgIpc) is 2.77. The molecule has 0 spiro atoms. The van der Waals surface area contributed by atoms with Gasteiger partial charge in [0.25, 0.3) is 0 Å². The van der Waals surface area contributed by atoms with Crippen LogP contribution in [0.5, 0.6) is 0 Å². The predicted octanol–water partition coefficient (Wildman–Crippen LogP) is 9.16. The van der Waals surface area contributed by atoms with Crippen molar-refractivity contribution in [3.8, 4) is 0 Å². The summed E-state index contributed by atoms with van der Waals surface area (Å²) >= 11 is 0. The maximum absolute atomic E-state index is 12.9. The van der Waals surface area contributed by atoms with E-state index in [1.165, 1.54) is 56.9 Å². The Morgan fingerprint density at radius 3 is 1.88 bits per heavy atom. The summed E-state index contributed by atoms with van der Waals surface area (Å²) in [6.07, 6.45) is 14.4. The first-order chi connectivity index (χ1) is 15.7. The largest absolute Gasteiger partial charge is 0.289 e. The van der Waals surface area contributed by atoms with E-state index in [2.05, 4.69) is 40.7 Å². The first kappa shape index (κ1) is 27.3. The van der Waals surface area contributed by atoms with E-state index in [1.54, 1.807) is 19.1 Å². The van der Waals surface area contributed by atoms with E-state index in [4.69, 9.17) is 0 Å². The van der Waals surface area contributed by atoms with Crippen LogP contribution < -0.4 is 0 Å². The zero-order chi connectivity index (χ0) is 24.4. The Bertz CT molecular complexity index is 855. The number of hydrogen-bond acceptors (Lipinski definition) is 2. The minimum absolute atomic E-state index is 0.00526. The van der Waals surface area contributed by atoms with Gasteiger partial charge in [-0.3, -0.25) is 9.59 Å². The van der Waals surface area contributed by atoms with Gasteiger partial charge in [-0.1, -0.05) is 109 Å². The van der Waals surface area contributed by atoms with E-state index in [0.717, 1.165) is 24.2 Å². The Morgan fingerprint density at radius 1 is 0.788 bits per heavy atom. The highest BCUT2D eigenvalue weighted by Gasteiger charge is 2.28. The molecule has 0 N–H and O–H groups in total. The van der Waals surface area contributed by atoms with Crippen molar-refractivity contribution in [1.29, 1.82) is 0 Å². The summed E-state index contributed by atoms with van der Waals surface area (Å²) in [5.74, 6) is 2.48. The predicted molar refractivity (Wildman–Crippen MR) is 141 cm³/mol. The van der Waals surface area contributed by atoms with Crippen LogP contribution in [0.2, 0.25) is 0 Å². The Hall–Kier alpha value is -1.96. The third kappa shape index (κ3) is 8.72. The molecule has 0 saturated heterocycles. The average molecular weight is 451 g/mol. The Labute approximate surface area is 202 Å². The quantitative estimate of drug-likeness (QED) is 0.265. The molecule has 0 aliphatic heterocycles. The van der Waals surface area contributed by atoms with Gasteiger partial charge in [-0.25, -0.2) is 0 Å². The third-order valence-electron chi connectivity index (χ3n) is 7.28. The summed E-state index contributed by atoms with van der Waals surface area (Å²) in [5, 5.41) is 0. The molecule has 0 saturated carbocycles. The van der Waals surface area contributed by atoms with Crippen LogP contribution in [0.4, 0.5) is 0 Å². The van der Waals surface area contributed by atoms with Gasteiger partial charge in [0.2, 0.25) is 0 Å². The second-order valence-electron chi connectivity index (χ2n) is 10.9. The number of carbonyl (C=O) groups is 2. The molecule has 1 aliphatic carbocycles. The zero-order valence-electron chi connectivity index (χ0n) is 22.0. The van der Waals surface area contributed by atoms with Crippen LogP contribution in [0.3, 0.4) is 0 Å². The van der Waals surface area contributed by atoms with Gasteiger partial charge in [0.05, 0.1) is 0 Å². The summed E-state index contributed by atoms with van der Waals surface area (Å²) in [4.78, 5) is 25.5. The molecule has 1 aliphatic rings. The lowest BCUT2D eigenvalue weighted by atomic mass is 9.83. The fourth-order valence-corrected chi connectivity index (χ4v) is 4.88. The Balaban J connectivity index is 1.71. The number of allylic oxidation sites excluding steroid dienone is 4. The van der Waals surface area contributed by atoms with Crippen molar-refractivity contribution in [2.24, 2.45) is 17.8 Å². The molecule has 1 aromatic rings. The molecule has 2 heteroatoms. The van der Waals surface area contributed by atoms with Gasteiger partial charge in [-0.2, -0.15) is 0 Å². The maximum atomic E-state index is 12.9. The molecule has 0 radical (unpaired) electrons. The third-order valence-corrected chi connectivity index (χ3v) is 7.28. The summed E-state index contributed by atoms with van der Waals surface area (Å²) < 4.78 is 0. The van der Waals surface area contributed by atoms with Crippen LogP contribution >= 0.6 is 0 Å². The van der Waals surface area contributed by atoms with Crippen LogP contribution in [0.25, 0.3) is 0 Å². The number of benzene rings is 1. The molecule has 1 aromatic carbocycles. The number of fused-ring (bicyclic) bond motifs is 1. The van der Waals surface area contributed by atoms with E-state index in [-0.39, 0.29) is 11.6 Å². The minimum Gasteiger partial charge on any atom is -0.289 e. The molecule has 182 valence electrons. The second kappa shape index (κ2) is 13.7. The normalized spacial score (nSPS) is 16.4. The number of rotatable bonds is 14. The first-order valence-electron chi connectivity index (χ1n) is 13.2. The number of Topliss-reactive ketones (excluding diaryl/α,β-unsaturated/α-hetero) is 2. The molecule has 2 nitrogen and oxygen atoms in total. The van der Waals surface area contributed by atoms with E-state index in [9.17, 15) is 9.59 Å². The highest BCUT2D eigenvalue weighted by Crippen LogP contribution is 2.29. The van der Waals surface area contributed by atoms with Crippen LogP contribution in [-0.2, 0) is 0 Å². The zero-order valence-corrected chi connectivity index (χ0v) is 22.0.